The van der Waals surface area contributed by atoms with Crippen molar-refractivity contribution in [2.75, 3.05) is 24.7 Å². The van der Waals surface area contributed by atoms with Crippen LogP contribution in [0.2, 0.25) is 0 Å². The fourth-order valence-corrected chi connectivity index (χ4v) is 7.32. The van der Waals surface area contributed by atoms with Gasteiger partial charge in [0.25, 0.3) is 17.7 Å². The van der Waals surface area contributed by atoms with Gasteiger partial charge in [-0.3, -0.25) is 24.0 Å². The van der Waals surface area contributed by atoms with Crippen molar-refractivity contribution >= 4 is 23.5 Å². The SMILES string of the molecule is CCN1C(=O)[C@@H](NC(=O)c2ccn(C(C)C)n2)[C@@H](C2CC2)c2c(C(=O)N3[C@H](C#N)C[C@H]4C[C@H]43)nn(C3CCOCC3)c21. The lowest BCUT2D eigenvalue weighted by molar-refractivity contribution is -0.121. The minimum Gasteiger partial charge on any atom is -0.381 e. The van der Waals surface area contributed by atoms with Gasteiger partial charge >= 0.3 is 0 Å². The number of likely N-dealkylation sites (tertiary alicyclic amines) is 1. The van der Waals surface area contributed by atoms with Gasteiger partial charge in [0.1, 0.15) is 23.6 Å². The number of aromatic nitrogens is 4. The Balaban J connectivity index is 1.33. The molecule has 1 N–H and O–H groups in total. The zero-order chi connectivity index (χ0) is 29.3. The zero-order valence-electron chi connectivity index (χ0n) is 24.4. The Kier molecular flexibility index (Phi) is 6.60. The summed E-state index contributed by atoms with van der Waals surface area (Å²) in [6.07, 6.45) is 6.65. The van der Waals surface area contributed by atoms with Gasteiger partial charge in [0.05, 0.1) is 12.1 Å². The number of rotatable bonds is 7. The summed E-state index contributed by atoms with van der Waals surface area (Å²) in [5, 5.41) is 22.3. The minimum absolute atomic E-state index is 0.0130. The number of fused-ring (bicyclic) bond motifs is 2. The third-order valence-electron chi connectivity index (χ3n) is 9.73. The molecule has 5 aliphatic rings. The van der Waals surface area contributed by atoms with E-state index in [4.69, 9.17) is 9.84 Å². The van der Waals surface area contributed by atoms with Gasteiger partial charge in [-0.25, -0.2) is 4.68 Å². The molecule has 0 aromatic carbocycles. The molecule has 12 nitrogen and oxygen atoms in total. The molecule has 5 heterocycles. The lowest BCUT2D eigenvalue weighted by Gasteiger charge is -2.39. The average molecular weight is 575 g/mol. The van der Waals surface area contributed by atoms with Gasteiger partial charge < -0.3 is 15.0 Å². The third-order valence-corrected chi connectivity index (χ3v) is 9.73. The number of ether oxygens (including phenoxy) is 1. The van der Waals surface area contributed by atoms with E-state index in [0.717, 1.165) is 37.7 Å². The van der Waals surface area contributed by atoms with Gasteiger partial charge in [-0.15, -0.1) is 0 Å². The van der Waals surface area contributed by atoms with Crippen LogP contribution in [0.4, 0.5) is 5.82 Å². The molecule has 12 heteroatoms. The molecule has 0 unspecified atom stereocenters. The molecule has 3 amide bonds. The van der Waals surface area contributed by atoms with E-state index in [1.807, 2.05) is 25.5 Å². The lowest BCUT2D eigenvalue weighted by atomic mass is 9.82. The van der Waals surface area contributed by atoms with E-state index in [1.165, 1.54) is 0 Å². The van der Waals surface area contributed by atoms with Crippen LogP contribution < -0.4 is 10.2 Å². The molecule has 5 atom stereocenters. The van der Waals surface area contributed by atoms with Crippen molar-refractivity contribution in [1.29, 1.82) is 5.26 Å². The van der Waals surface area contributed by atoms with Crippen LogP contribution in [0.3, 0.4) is 0 Å². The van der Waals surface area contributed by atoms with Gasteiger partial charge in [-0.2, -0.15) is 15.5 Å². The normalized spacial score (nSPS) is 28.9. The predicted molar refractivity (Wildman–Crippen MR) is 151 cm³/mol. The molecule has 7 rings (SSSR count). The molecule has 4 fully saturated rings. The Labute approximate surface area is 244 Å². The number of carbonyl (C=O) groups is 3. The summed E-state index contributed by atoms with van der Waals surface area (Å²) in [6, 6.07) is 2.84. The largest absolute Gasteiger partial charge is 0.381 e. The highest BCUT2D eigenvalue weighted by Crippen LogP contribution is 2.53. The number of hydrogen-bond acceptors (Lipinski definition) is 7. The number of nitrogens with zero attached hydrogens (tertiary/aromatic N) is 7. The summed E-state index contributed by atoms with van der Waals surface area (Å²) in [5.74, 6) is -0.0378. The summed E-state index contributed by atoms with van der Waals surface area (Å²) in [4.78, 5) is 45.6. The van der Waals surface area contributed by atoms with Crippen molar-refractivity contribution in [2.24, 2.45) is 11.8 Å². The Morgan fingerprint density at radius 3 is 2.55 bits per heavy atom. The van der Waals surface area contributed by atoms with Crippen molar-refractivity contribution in [3.63, 3.8) is 0 Å². The third kappa shape index (κ3) is 4.32. The topological polar surface area (TPSA) is 138 Å². The second kappa shape index (κ2) is 10.2. The molecule has 0 radical (unpaired) electrons. The van der Waals surface area contributed by atoms with E-state index < -0.39 is 23.9 Å². The molecule has 0 spiro atoms. The van der Waals surface area contributed by atoms with Gasteiger partial charge in [-0.05, 0) is 77.2 Å². The maximum Gasteiger partial charge on any atom is 0.276 e. The van der Waals surface area contributed by atoms with Gasteiger partial charge in [0, 0.05) is 49.5 Å². The van der Waals surface area contributed by atoms with Gasteiger partial charge in [0.15, 0.2) is 5.69 Å². The Morgan fingerprint density at radius 1 is 1.14 bits per heavy atom. The van der Waals surface area contributed by atoms with Crippen LogP contribution in [0.5, 0.6) is 0 Å². The van der Waals surface area contributed by atoms with Crippen molar-refractivity contribution in [2.45, 2.75) is 95.4 Å². The van der Waals surface area contributed by atoms with Gasteiger partial charge in [0.2, 0.25) is 0 Å². The minimum atomic E-state index is -0.848. The first kappa shape index (κ1) is 27.1. The molecule has 2 saturated heterocycles. The van der Waals surface area contributed by atoms with Crippen LogP contribution >= 0.6 is 0 Å². The summed E-state index contributed by atoms with van der Waals surface area (Å²) in [6.45, 7) is 7.42. The van der Waals surface area contributed by atoms with Crippen LogP contribution in [-0.2, 0) is 9.53 Å². The maximum absolute atomic E-state index is 14.4. The molecule has 42 heavy (non-hydrogen) atoms. The predicted octanol–water partition coefficient (Wildman–Crippen LogP) is 2.80. The monoisotopic (exact) mass is 574 g/mol. The first-order valence-electron chi connectivity index (χ1n) is 15.4. The number of piperidine rings is 1. The highest BCUT2D eigenvalue weighted by molar-refractivity contribution is 6.07. The first-order chi connectivity index (χ1) is 20.3. The lowest BCUT2D eigenvalue weighted by Crippen LogP contribution is -2.56. The molecule has 2 aromatic heterocycles. The highest BCUT2D eigenvalue weighted by Gasteiger charge is 2.57. The van der Waals surface area contributed by atoms with Gasteiger partial charge in [-0.1, -0.05) is 0 Å². The molecule has 2 aliphatic carbocycles. The maximum atomic E-state index is 14.4. The molecular weight excluding hydrogens is 536 g/mol. The fourth-order valence-electron chi connectivity index (χ4n) is 7.32. The number of nitrogens with one attached hydrogen (secondary N) is 1. The first-order valence-corrected chi connectivity index (χ1v) is 15.4. The summed E-state index contributed by atoms with van der Waals surface area (Å²) >= 11 is 0. The Hall–Kier alpha value is -3.72. The Morgan fingerprint density at radius 2 is 1.90 bits per heavy atom. The van der Waals surface area contributed by atoms with E-state index in [0.29, 0.717) is 43.6 Å². The van der Waals surface area contributed by atoms with Crippen molar-refractivity contribution < 1.29 is 19.1 Å². The molecule has 0 bridgehead atoms. The fraction of sp³-hybridized carbons (Fsp3) is 0.667. The number of carbonyl (C=O) groups excluding carboxylic acids is 3. The van der Waals surface area contributed by atoms with Crippen molar-refractivity contribution in [3.8, 4) is 6.07 Å². The van der Waals surface area contributed by atoms with E-state index in [9.17, 15) is 19.6 Å². The molecule has 2 saturated carbocycles. The van der Waals surface area contributed by atoms with Crippen LogP contribution in [0.1, 0.15) is 104 Å². The standard InChI is InChI=1S/C30H38N8O4/c1-4-35-28-24(23(17-5-6-17)25(29(35)40)32-27(39)21-7-10-36(33-21)16(2)3)26(34-38(28)19-8-11-42-12-9-19)30(41)37-20(15-31)13-18-14-22(18)37/h7,10,16-20,22-23,25H,4-6,8-9,11-14H2,1-3H3,(H,32,39)/t18-,20-,22+,23-,25-/m0/s1. The molecule has 2 aromatic rings. The number of likely N-dealkylation sites (N-methyl/N-ethyl adjacent to an activating group) is 1. The van der Waals surface area contributed by atoms with Crippen molar-refractivity contribution in [3.05, 3.63) is 29.2 Å². The Bertz CT molecular complexity index is 1460. The average Bonchev–Trinajstić information content (AvgIpc) is 3.83. The summed E-state index contributed by atoms with van der Waals surface area (Å²) in [5.41, 5.74) is 1.33. The van der Waals surface area contributed by atoms with Crippen molar-refractivity contribution in [1.82, 2.24) is 29.8 Å². The van der Waals surface area contributed by atoms with Crippen LogP contribution in [0.15, 0.2) is 12.3 Å². The van der Waals surface area contributed by atoms with E-state index in [1.54, 1.807) is 26.7 Å². The van der Waals surface area contributed by atoms with E-state index >= 15 is 0 Å². The number of hydrogen-bond donors (Lipinski definition) is 1. The summed E-state index contributed by atoms with van der Waals surface area (Å²) < 4.78 is 9.23. The summed E-state index contributed by atoms with van der Waals surface area (Å²) in [7, 11) is 0. The zero-order valence-corrected chi connectivity index (χ0v) is 24.4. The van der Waals surface area contributed by atoms with Crippen LogP contribution in [0.25, 0.3) is 0 Å². The number of nitriles is 1. The number of anilines is 1. The molecular formula is C30H38N8O4. The molecule has 3 aliphatic heterocycles. The quantitative estimate of drug-likeness (QED) is 0.537. The smallest absolute Gasteiger partial charge is 0.276 e. The second-order valence-electron chi connectivity index (χ2n) is 12.7. The van der Waals surface area contributed by atoms with E-state index in [-0.39, 0.29) is 41.6 Å². The second-order valence-corrected chi connectivity index (χ2v) is 12.7. The highest BCUT2D eigenvalue weighted by atomic mass is 16.5. The van der Waals surface area contributed by atoms with Crippen LogP contribution in [0, 0.1) is 23.2 Å². The molecule has 222 valence electrons. The number of amides is 3. The van der Waals surface area contributed by atoms with E-state index in [2.05, 4.69) is 16.5 Å². The van der Waals surface area contributed by atoms with Crippen LogP contribution in [-0.4, -0.2) is 80.1 Å².